The quantitative estimate of drug-likeness (QED) is 0.586. The summed E-state index contributed by atoms with van der Waals surface area (Å²) >= 11 is 0. The smallest absolute Gasteiger partial charge is 0.264 e. The van der Waals surface area contributed by atoms with Gasteiger partial charge in [-0.2, -0.15) is 5.10 Å². The Labute approximate surface area is 147 Å². The predicted molar refractivity (Wildman–Crippen MR) is 96.5 cm³/mol. The average molecular weight is 346 g/mol. The molecule has 0 fully saturated rings. The minimum Gasteiger partial charge on any atom is -0.324 e. The molecule has 0 saturated heterocycles. The third-order valence-electron chi connectivity index (χ3n) is 3.87. The highest BCUT2D eigenvalue weighted by Gasteiger charge is 2.12. The van der Waals surface area contributed by atoms with Gasteiger partial charge in [0.25, 0.3) is 5.56 Å². The van der Waals surface area contributed by atoms with Crippen molar-refractivity contribution in [1.82, 2.24) is 25.2 Å². The first-order valence-electron chi connectivity index (χ1n) is 7.94. The summed E-state index contributed by atoms with van der Waals surface area (Å²) in [6.45, 7) is 0.0356. The maximum absolute atomic E-state index is 12.5. The molecule has 8 nitrogen and oxygen atoms in total. The van der Waals surface area contributed by atoms with Crippen LogP contribution in [0.4, 0.5) is 5.69 Å². The predicted octanol–water partition coefficient (Wildman–Crippen LogP) is 1.82. The first kappa shape index (κ1) is 15.7. The average Bonchev–Trinajstić information content (AvgIpc) is 3.06. The lowest BCUT2D eigenvalue weighted by molar-refractivity contribution is -0.116. The van der Waals surface area contributed by atoms with Gasteiger partial charge in [-0.15, -0.1) is 5.10 Å². The lowest BCUT2D eigenvalue weighted by Crippen LogP contribution is -2.20. The summed E-state index contributed by atoms with van der Waals surface area (Å²) in [6, 6.07) is 17.7. The van der Waals surface area contributed by atoms with Crippen molar-refractivity contribution in [2.24, 2.45) is 0 Å². The van der Waals surface area contributed by atoms with Gasteiger partial charge >= 0.3 is 0 Å². The fourth-order valence-corrected chi connectivity index (χ4v) is 2.67. The molecule has 0 aliphatic carbocycles. The zero-order chi connectivity index (χ0) is 17.9. The van der Waals surface area contributed by atoms with Crippen LogP contribution in [0.15, 0.2) is 65.5 Å². The summed E-state index contributed by atoms with van der Waals surface area (Å²) in [6.07, 6.45) is 0. The van der Waals surface area contributed by atoms with Crippen LogP contribution in [0.3, 0.4) is 0 Å². The molecule has 0 unspecified atom stereocenters. The van der Waals surface area contributed by atoms with E-state index in [4.69, 9.17) is 0 Å². The molecule has 128 valence electrons. The molecule has 0 aliphatic rings. The minimum absolute atomic E-state index is 0.0356. The SMILES string of the molecule is O=C(Cn1nnc2ccccc21)Nc1ccccc1-c1ccc(=O)[nH]n1. The maximum Gasteiger partial charge on any atom is 0.264 e. The second-order valence-corrected chi connectivity index (χ2v) is 5.64. The van der Waals surface area contributed by atoms with Crippen LogP contribution in [0.25, 0.3) is 22.3 Å². The van der Waals surface area contributed by atoms with Crippen LogP contribution in [0.5, 0.6) is 0 Å². The number of anilines is 1. The first-order valence-corrected chi connectivity index (χ1v) is 7.94. The van der Waals surface area contributed by atoms with Crippen molar-refractivity contribution < 1.29 is 4.79 Å². The van der Waals surface area contributed by atoms with Crippen LogP contribution in [0, 0.1) is 0 Å². The monoisotopic (exact) mass is 346 g/mol. The van der Waals surface area contributed by atoms with E-state index >= 15 is 0 Å². The summed E-state index contributed by atoms with van der Waals surface area (Å²) in [5, 5.41) is 17.3. The van der Waals surface area contributed by atoms with Crippen LogP contribution in [0.1, 0.15) is 0 Å². The van der Waals surface area contributed by atoms with Crippen LogP contribution >= 0.6 is 0 Å². The fraction of sp³-hybridized carbons (Fsp3) is 0.0556. The third kappa shape index (κ3) is 3.07. The van der Waals surface area contributed by atoms with Gasteiger partial charge in [-0.25, -0.2) is 9.78 Å². The van der Waals surface area contributed by atoms with Crippen LogP contribution in [-0.2, 0) is 11.3 Å². The summed E-state index contributed by atoms with van der Waals surface area (Å²) in [5.74, 6) is -0.238. The molecule has 1 amide bonds. The van der Waals surface area contributed by atoms with E-state index in [9.17, 15) is 9.59 Å². The van der Waals surface area contributed by atoms with Crippen LogP contribution < -0.4 is 10.9 Å². The summed E-state index contributed by atoms with van der Waals surface area (Å²) < 4.78 is 1.55. The number of amides is 1. The number of aromatic amines is 1. The van der Waals surface area contributed by atoms with Gasteiger partial charge in [0.2, 0.25) is 5.91 Å². The molecular formula is C18H14N6O2. The maximum atomic E-state index is 12.5. The zero-order valence-corrected chi connectivity index (χ0v) is 13.6. The standard InChI is InChI=1S/C18H14N6O2/c25-17-10-9-14(20-22-17)12-5-1-2-6-13(12)19-18(26)11-24-16-8-4-3-7-15(16)21-23-24/h1-10H,11H2,(H,19,26)(H,22,25). The molecule has 2 heterocycles. The van der Waals surface area contributed by atoms with E-state index in [0.717, 1.165) is 11.0 Å². The molecule has 26 heavy (non-hydrogen) atoms. The molecule has 0 atom stereocenters. The van der Waals surface area contributed by atoms with Crippen molar-refractivity contribution >= 4 is 22.6 Å². The van der Waals surface area contributed by atoms with Crippen molar-refractivity contribution in [2.75, 3.05) is 5.32 Å². The number of H-pyrrole nitrogens is 1. The molecule has 0 spiro atoms. The highest BCUT2D eigenvalue weighted by atomic mass is 16.2. The topological polar surface area (TPSA) is 106 Å². The van der Waals surface area contributed by atoms with Gasteiger partial charge in [0, 0.05) is 11.6 Å². The van der Waals surface area contributed by atoms with E-state index in [1.165, 1.54) is 6.07 Å². The van der Waals surface area contributed by atoms with Crippen molar-refractivity contribution in [3.63, 3.8) is 0 Å². The largest absolute Gasteiger partial charge is 0.324 e. The molecule has 0 saturated carbocycles. The Morgan fingerprint density at radius 3 is 2.69 bits per heavy atom. The molecule has 0 radical (unpaired) electrons. The van der Waals surface area contributed by atoms with Crippen LogP contribution in [0.2, 0.25) is 0 Å². The first-order chi connectivity index (χ1) is 12.7. The van der Waals surface area contributed by atoms with Gasteiger partial charge in [0.1, 0.15) is 12.1 Å². The normalized spacial score (nSPS) is 10.8. The lowest BCUT2D eigenvalue weighted by atomic mass is 10.1. The Bertz CT molecular complexity index is 1130. The molecular weight excluding hydrogens is 332 g/mol. The van der Waals surface area contributed by atoms with Crippen molar-refractivity contribution in [1.29, 1.82) is 0 Å². The Balaban J connectivity index is 1.58. The Morgan fingerprint density at radius 2 is 1.85 bits per heavy atom. The van der Waals surface area contributed by atoms with E-state index < -0.39 is 0 Å². The number of carbonyl (C=O) groups excluding carboxylic acids is 1. The Morgan fingerprint density at radius 1 is 1.04 bits per heavy atom. The number of aromatic nitrogens is 5. The number of benzene rings is 2. The van der Waals surface area contributed by atoms with Gasteiger partial charge in [-0.05, 0) is 24.3 Å². The number of rotatable bonds is 4. The zero-order valence-electron chi connectivity index (χ0n) is 13.6. The van der Waals surface area contributed by atoms with E-state index in [1.54, 1.807) is 16.8 Å². The summed E-state index contributed by atoms with van der Waals surface area (Å²) in [4.78, 5) is 23.7. The van der Waals surface area contributed by atoms with E-state index in [0.29, 0.717) is 16.9 Å². The molecule has 2 aromatic heterocycles. The summed E-state index contributed by atoms with van der Waals surface area (Å²) in [7, 11) is 0. The van der Waals surface area contributed by atoms with Crippen molar-refractivity contribution in [3.05, 3.63) is 71.0 Å². The second-order valence-electron chi connectivity index (χ2n) is 5.64. The number of para-hydroxylation sites is 2. The van der Waals surface area contributed by atoms with Gasteiger partial charge in [0.05, 0.1) is 16.9 Å². The number of hydrogen-bond donors (Lipinski definition) is 2. The molecule has 8 heteroatoms. The van der Waals surface area contributed by atoms with E-state index in [2.05, 4.69) is 25.8 Å². The molecule has 2 N–H and O–H groups in total. The Kier molecular flexibility index (Phi) is 3.98. The number of fused-ring (bicyclic) bond motifs is 1. The second kappa shape index (κ2) is 6.60. The lowest BCUT2D eigenvalue weighted by Gasteiger charge is -2.10. The number of nitrogens with zero attached hydrogens (tertiary/aromatic N) is 4. The van der Waals surface area contributed by atoms with Gasteiger partial charge in [-0.1, -0.05) is 35.5 Å². The van der Waals surface area contributed by atoms with E-state index in [-0.39, 0.29) is 18.0 Å². The molecule has 0 aliphatic heterocycles. The minimum atomic E-state index is -0.284. The molecule has 2 aromatic carbocycles. The van der Waals surface area contributed by atoms with E-state index in [1.807, 2.05) is 42.5 Å². The van der Waals surface area contributed by atoms with Crippen molar-refractivity contribution in [2.45, 2.75) is 6.54 Å². The number of nitrogens with one attached hydrogen (secondary N) is 2. The number of carbonyl (C=O) groups is 1. The fourth-order valence-electron chi connectivity index (χ4n) is 2.67. The number of hydrogen-bond acceptors (Lipinski definition) is 5. The molecule has 0 bridgehead atoms. The highest BCUT2D eigenvalue weighted by molar-refractivity contribution is 5.95. The van der Waals surface area contributed by atoms with Crippen LogP contribution in [-0.4, -0.2) is 31.1 Å². The third-order valence-corrected chi connectivity index (χ3v) is 3.87. The molecule has 4 aromatic rings. The van der Waals surface area contributed by atoms with Gasteiger partial charge in [0.15, 0.2) is 0 Å². The summed E-state index contributed by atoms with van der Waals surface area (Å²) in [5.41, 5.74) is 3.11. The van der Waals surface area contributed by atoms with Gasteiger partial charge in [-0.3, -0.25) is 9.59 Å². The van der Waals surface area contributed by atoms with Gasteiger partial charge < -0.3 is 5.32 Å². The molecule has 4 rings (SSSR count). The highest BCUT2D eigenvalue weighted by Crippen LogP contribution is 2.25. The Hall–Kier alpha value is -3.81. The van der Waals surface area contributed by atoms with Crippen molar-refractivity contribution in [3.8, 4) is 11.3 Å².